The van der Waals surface area contributed by atoms with Crippen molar-refractivity contribution in [3.05, 3.63) is 47.6 Å². The van der Waals surface area contributed by atoms with Gasteiger partial charge in [0.1, 0.15) is 0 Å². The molecule has 1 amide bonds. The fraction of sp³-hybridized carbons (Fsp3) is 0.400. The normalized spacial score (nSPS) is 11.5. The topological polar surface area (TPSA) is 80.0 Å². The van der Waals surface area contributed by atoms with E-state index < -0.39 is 0 Å². The lowest BCUT2D eigenvalue weighted by atomic mass is 10.1. The summed E-state index contributed by atoms with van der Waals surface area (Å²) in [6.45, 7) is 2.48. The Balaban J connectivity index is 0.00000242. The summed E-state index contributed by atoms with van der Waals surface area (Å²) in [5, 5.41) is 9.71. The lowest BCUT2D eigenvalue weighted by Crippen LogP contribution is -2.29. The standard InChI is InChI=1S/C15H20N4O2.ClH/c1-11(17-13(20)8-9-16-2)15-18-14(21-19-15)10-12-6-4-3-5-7-12;/h3-7,11,16H,8-10H2,1-2H3,(H,17,20);1H. The molecule has 7 heteroatoms. The number of amides is 1. The van der Waals surface area contributed by atoms with E-state index in [1.807, 2.05) is 44.3 Å². The van der Waals surface area contributed by atoms with Gasteiger partial charge in [0, 0.05) is 13.0 Å². The van der Waals surface area contributed by atoms with Gasteiger partial charge in [0.2, 0.25) is 11.8 Å². The summed E-state index contributed by atoms with van der Waals surface area (Å²) in [7, 11) is 1.81. The van der Waals surface area contributed by atoms with E-state index in [1.54, 1.807) is 0 Å². The number of rotatable bonds is 7. The Morgan fingerprint density at radius 3 is 2.73 bits per heavy atom. The first-order chi connectivity index (χ1) is 10.2. The van der Waals surface area contributed by atoms with Gasteiger partial charge < -0.3 is 15.2 Å². The third-order valence-electron chi connectivity index (χ3n) is 3.05. The molecular formula is C15H21ClN4O2. The van der Waals surface area contributed by atoms with Gasteiger partial charge >= 0.3 is 0 Å². The highest BCUT2D eigenvalue weighted by atomic mass is 35.5. The third-order valence-corrected chi connectivity index (χ3v) is 3.05. The van der Waals surface area contributed by atoms with Crippen molar-refractivity contribution >= 4 is 18.3 Å². The maximum absolute atomic E-state index is 11.6. The summed E-state index contributed by atoms with van der Waals surface area (Å²) in [4.78, 5) is 16.0. The molecule has 0 aliphatic heterocycles. The summed E-state index contributed by atoms with van der Waals surface area (Å²) >= 11 is 0. The Kier molecular flexibility index (Phi) is 7.56. The Morgan fingerprint density at radius 1 is 1.32 bits per heavy atom. The van der Waals surface area contributed by atoms with Crippen molar-refractivity contribution in [2.45, 2.75) is 25.8 Å². The zero-order valence-electron chi connectivity index (χ0n) is 12.7. The second-order valence-electron chi connectivity index (χ2n) is 4.85. The van der Waals surface area contributed by atoms with Crippen molar-refractivity contribution < 1.29 is 9.32 Å². The molecule has 0 fully saturated rings. The highest BCUT2D eigenvalue weighted by Gasteiger charge is 2.15. The zero-order chi connectivity index (χ0) is 15.1. The Bertz CT molecular complexity index is 574. The molecule has 2 rings (SSSR count). The lowest BCUT2D eigenvalue weighted by molar-refractivity contribution is -0.121. The van der Waals surface area contributed by atoms with Crippen molar-refractivity contribution in [3.63, 3.8) is 0 Å². The molecule has 1 atom stereocenters. The summed E-state index contributed by atoms with van der Waals surface area (Å²) < 4.78 is 5.23. The molecule has 120 valence electrons. The van der Waals surface area contributed by atoms with Gasteiger partial charge in [-0.15, -0.1) is 12.4 Å². The molecule has 0 saturated heterocycles. The summed E-state index contributed by atoms with van der Waals surface area (Å²) in [5.74, 6) is 1.01. The molecular weight excluding hydrogens is 304 g/mol. The minimum absolute atomic E-state index is 0. The fourth-order valence-electron chi connectivity index (χ4n) is 1.90. The summed E-state index contributed by atoms with van der Waals surface area (Å²) in [5.41, 5.74) is 1.11. The molecule has 1 heterocycles. The number of nitrogens with one attached hydrogen (secondary N) is 2. The molecule has 22 heavy (non-hydrogen) atoms. The number of carbonyl (C=O) groups is 1. The molecule has 0 aliphatic carbocycles. The van der Waals surface area contributed by atoms with E-state index in [2.05, 4.69) is 20.8 Å². The second-order valence-corrected chi connectivity index (χ2v) is 4.85. The van der Waals surface area contributed by atoms with Crippen LogP contribution in [0, 0.1) is 0 Å². The van der Waals surface area contributed by atoms with Crippen molar-refractivity contribution in [1.29, 1.82) is 0 Å². The SMILES string of the molecule is CNCCC(=O)NC(C)c1noc(Cc2ccccc2)n1.Cl. The minimum Gasteiger partial charge on any atom is -0.346 e. The maximum atomic E-state index is 11.6. The van der Waals surface area contributed by atoms with Crippen molar-refractivity contribution in [2.24, 2.45) is 0 Å². The number of halogens is 1. The first-order valence-electron chi connectivity index (χ1n) is 6.99. The molecule has 1 unspecified atom stereocenters. The molecule has 0 spiro atoms. The second kappa shape index (κ2) is 9.17. The van der Waals surface area contributed by atoms with Crippen LogP contribution in [0.2, 0.25) is 0 Å². The number of benzene rings is 1. The highest BCUT2D eigenvalue weighted by Crippen LogP contribution is 2.11. The summed E-state index contributed by atoms with van der Waals surface area (Å²) in [6.07, 6.45) is 1.02. The van der Waals surface area contributed by atoms with Crippen LogP contribution in [0.3, 0.4) is 0 Å². The van der Waals surface area contributed by atoms with E-state index in [-0.39, 0.29) is 24.4 Å². The molecule has 0 saturated carbocycles. The Labute approximate surface area is 136 Å². The molecule has 0 bridgehead atoms. The largest absolute Gasteiger partial charge is 0.346 e. The van der Waals surface area contributed by atoms with Gasteiger partial charge in [-0.05, 0) is 19.5 Å². The van der Waals surface area contributed by atoms with E-state index >= 15 is 0 Å². The summed E-state index contributed by atoms with van der Waals surface area (Å²) in [6, 6.07) is 9.65. The van der Waals surface area contributed by atoms with E-state index in [0.29, 0.717) is 31.1 Å². The van der Waals surface area contributed by atoms with Crippen molar-refractivity contribution in [1.82, 2.24) is 20.8 Å². The Hall–Kier alpha value is -1.92. The predicted octanol–water partition coefficient (Wildman–Crippen LogP) is 1.87. The quantitative estimate of drug-likeness (QED) is 0.812. The van der Waals surface area contributed by atoms with Gasteiger partial charge in [0.05, 0.1) is 12.5 Å². The van der Waals surface area contributed by atoms with Crippen LogP contribution in [0.15, 0.2) is 34.9 Å². The number of hydrogen-bond donors (Lipinski definition) is 2. The van der Waals surface area contributed by atoms with Crippen molar-refractivity contribution in [2.75, 3.05) is 13.6 Å². The van der Waals surface area contributed by atoms with Gasteiger partial charge in [-0.25, -0.2) is 0 Å². The van der Waals surface area contributed by atoms with Crippen molar-refractivity contribution in [3.8, 4) is 0 Å². The number of hydrogen-bond acceptors (Lipinski definition) is 5. The van der Waals surface area contributed by atoms with Crippen LogP contribution >= 0.6 is 12.4 Å². The van der Waals surface area contributed by atoms with Gasteiger partial charge in [-0.1, -0.05) is 35.5 Å². The molecule has 0 aliphatic rings. The molecule has 0 radical (unpaired) electrons. The first kappa shape index (κ1) is 18.1. The fourth-order valence-corrected chi connectivity index (χ4v) is 1.90. The predicted molar refractivity (Wildman–Crippen MR) is 85.9 cm³/mol. The third kappa shape index (κ3) is 5.46. The molecule has 2 aromatic rings. The molecule has 1 aromatic heterocycles. The van der Waals surface area contributed by atoms with Crippen LogP contribution in [0.25, 0.3) is 0 Å². The Morgan fingerprint density at radius 2 is 2.05 bits per heavy atom. The van der Waals surface area contributed by atoms with E-state index in [0.717, 1.165) is 5.56 Å². The van der Waals surface area contributed by atoms with E-state index in [1.165, 1.54) is 0 Å². The monoisotopic (exact) mass is 324 g/mol. The number of aromatic nitrogens is 2. The van der Waals surface area contributed by atoms with Gasteiger partial charge in [0.25, 0.3) is 0 Å². The average Bonchev–Trinajstić information content (AvgIpc) is 2.95. The smallest absolute Gasteiger partial charge is 0.231 e. The van der Waals surface area contributed by atoms with Gasteiger partial charge in [0.15, 0.2) is 5.82 Å². The van der Waals surface area contributed by atoms with Gasteiger partial charge in [-0.2, -0.15) is 4.98 Å². The molecule has 2 N–H and O–H groups in total. The highest BCUT2D eigenvalue weighted by molar-refractivity contribution is 5.85. The maximum Gasteiger partial charge on any atom is 0.231 e. The molecule has 1 aromatic carbocycles. The minimum atomic E-state index is -0.261. The average molecular weight is 325 g/mol. The van der Waals surface area contributed by atoms with Crippen LogP contribution in [-0.2, 0) is 11.2 Å². The van der Waals surface area contributed by atoms with Crippen LogP contribution in [0.4, 0.5) is 0 Å². The zero-order valence-corrected chi connectivity index (χ0v) is 13.5. The van der Waals surface area contributed by atoms with E-state index in [9.17, 15) is 4.79 Å². The van der Waals surface area contributed by atoms with E-state index in [4.69, 9.17) is 4.52 Å². The van der Waals surface area contributed by atoms with Crippen LogP contribution in [0.5, 0.6) is 0 Å². The van der Waals surface area contributed by atoms with Gasteiger partial charge in [-0.3, -0.25) is 4.79 Å². The van der Waals surface area contributed by atoms with Crippen LogP contribution in [0.1, 0.15) is 36.7 Å². The first-order valence-corrected chi connectivity index (χ1v) is 6.99. The number of nitrogens with zero attached hydrogens (tertiary/aromatic N) is 2. The lowest BCUT2D eigenvalue weighted by Gasteiger charge is -2.09. The van der Waals surface area contributed by atoms with Crippen LogP contribution < -0.4 is 10.6 Å². The number of carbonyl (C=O) groups excluding carboxylic acids is 1. The van der Waals surface area contributed by atoms with Crippen LogP contribution in [-0.4, -0.2) is 29.6 Å². The molecule has 6 nitrogen and oxygen atoms in total.